The summed E-state index contributed by atoms with van der Waals surface area (Å²) in [6.07, 6.45) is 1.64. The lowest BCUT2D eigenvalue weighted by atomic mass is 10.1. The molecule has 4 rings (SSSR count). The van der Waals surface area contributed by atoms with Gasteiger partial charge in [-0.3, -0.25) is 9.78 Å². The summed E-state index contributed by atoms with van der Waals surface area (Å²) in [6, 6.07) is 21.2. The summed E-state index contributed by atoms with van der Waals surface area (Å²) in [4.78, 5) is 17.1. The fourth-order valence-electron chi connectivity index (χ4n) is 2.74. The average molecular weight is 313 g/mol. The molecule has 0 bridgehead atoms. The molecule has 0 atom stereocenters. The maximum absolute atomic E-state index is 12.8. The lowest BCUT2D eigenvalue weighted by molar-refractivity contribution is 0.823. The summed E-state index contributed by atoms with van der Waals surface area (Å²) in [5.74, 6) is 0. The molecule has 2 heterocycles. The average Bonchev–Trinajstić information content (AvgIpc) is 2.64. The Morgan fingerprint density at radius 1 is 0.875 bits per heavy atom. The van der Waals surface area contributed by atoms with E-state index in [2.05, 4.69) is 10.1 Å². The van der Waals surface area contributed by atoms with E-state index in [0.29, 0.717) is 5.52 Å². The molecule has 0 fully saturated rings. The van der Waals surface area contributed by atoms with E-state index in [0.717, 1.165) is 22.3 Å². The van der Waals surface area contributed by atoms with Gasteiger partial charge in [0, 0.05) is 17.1 Å². The number of aryl methyl sites for hydroxylation is 1. The maximum Gasteiger partial charge on any atom is 0.297 e. The zero-order valence-electron chi connectivity index (χ0n) is 13.2. The predicted molar refractivity (Wildman–Crippen MR) is 95.3 cm³/mol. The molecule has 116 valence electrons. The molecule has 2 aromatic heterocycles. The number of aromatic nitrogens is 3. The molecular formula is C20H15N3O. The molecule has 4 nitrogen and oxygen atoms in total. The molecule has 0 spiro atoms. The summed E-state index contributed by atoms with van der Waals surface area (Å²) in [5, 5.41) is 5.40. The molecule has 4 heteroatoms. The highest BCUT2D eigenvalue weighted by Gasteiger charge is 2.13. The molecule has 2 aromatic carbocycles. The number of pyridine rings is 1. The highest BCUT2D eigenvalue weighted by molar-refractivity contribution is 5.91. The molecule has 0 aliphatic carbocycles. The number of rotatable bonds is 2. The van der Waals surface area contributed by atoms with Crippen LogP contribution in [0.1, 0.15) is 5.56 Å². The van der Waals surface area contributed by atoms with Gasteiger partial charge in [0.25, 0.3) is 5.56 Å². The van der Waals surface area contributed by atoms with E-state index < -0.39 is 0 Å². The van der Waals surface area contributed by atoms with Crippen LogP contribution < -0.4 is 5.56 Å². The van der Waals surface area contributed by atoms with Crippen molar-refractivity contribution in [2.45, 2.75) is 6.92 Å². The summed E-state index contributed by atoms with van der Waals surface area (Å²) in [5.41, 5.74) is 3.82. The lowest BCUT2D eigenvalue weighted by Gasteiger charge is -2.11. The second-order valence-electron chi connectivity index (χ2n) is 5.67. The van der Waals surface area contributed by atoms with Crippen molar-refractivity contribution in [3.8, 4) is 16.9 Å². The monoisotopic (exact) mass is 313 g/mol. The Bertz CT molecular complexity index is 1070. The van der Waals surface area contributed by atoms with Crippen molar-refractivity contribution in [1.82, 2.24) is 14.8 Å². The van der Waals surface area contributed by atoms with E-state index in [4.69, 9.17) is 0 Å². The molecule has 24 heavy (non-hydrogen) atoms. The van der Waals surface area contributed by atoms with Crippen molar-refractivity contribution < 1.29 is 0 Å². The minimum absolute atomic E-state index is 0.215. The highest BCUT2D eigenvalue weighted by atomic mass is 16.1. The first-order valence-corrected chi connectivity index (χ1v) is 7.74. The lowest BCUT2D eigenvalue weighted by Crippen LogP contribution is -2.22. The zero-order valence-corrected chi connectivity index (χ0v) is 13.2. The number of benzene rings is 2. The fourth-order valence-corrected chi connectivity index (χ4v) is 2.74. The highest BCUT2D eigenvalue weighted by Crippen LogP contribution is 2.24. The van der Waals surface area contributed by atoms with E-state index in [-0.39, 0.29) is 5.56 Å². The van der Waals surface area contributed by atoms with Crippen molar-refractivity contribution in [1.29, 1.82) is 0 Å². The minimum atomic E-state index is -0.215. The van der Waals surface area contributed by atoms with Gasteiger partial charge in [-0.2, -0.15) is 9.78 Å². The van der Waals surface area contributed by atoms with Gasteiger partial charge in [0.2, 0.25) is 0 Å². The molecule has 0 amide bonds. The third-order valence-corrected chi connectivity index (χ3v) is 3.98. The molecule has 0 N–H and O–H groups in total. The largest absolute Gasteiger partial charge is 0.297 e. The Kier molecular flexibility index (Phi) is 3.43. The van der Waals surface area contributed by atoms with Gasteiger partial charge in [-0.15, -0.1) is 0 Å². The standard InChI is InChI=1S/C20H15N3O/c1-14-9-11-15(12-10-14)18-17-8-5-13-21-19(17)20(24)23(22-18)16-6-3-2-4-7-16/h2-13H,1H3. The Balaban J connectivity index is 2.08. The molecule has 0 radical (unpaired) electrons. The van der Waals surface area contributed by atoms with Gasteiger partial charge in [-0.05, 0) is 31.2 Å². The Morgan fingerprint density at radius 2 is 1.62 bits per heavy atom. The normalized spacial score (nSPS) is 10.9. The SMILES string of the molecule is Cc1ccc(-c2nn(-c3ccccc3)c(=O)c3ncccc23)cc1. The van der Waals surface area contributed by atoms with Crippen molar-refractivity contribution in [3.63, 3.8) is 0 Å². The Morgan fingerprint density at radius 3 is 2.38 bits per heavy atom. The van der Waals surface area contributed by atoms with Crippen LogP contribution in [0.2, 0.25) is 0 Å². The van der Waals surface area contributed by atoms with Crippen molar-refractivity contribution in [2.75, 3.05) is 0 Å². The molecule has 0 aliphatic rings. The van der Waals surface area contributed by atoms with Gasteiger partial charge in [-0.1, -0.05) is 48.0 Å². The number of hydrogen-bond acceptors (Lipinski definition) is 3. The van der Waals surface area contributed by atoms with Gasteiger partial charge >= 0.3 is 0 Å². The summed E-state index contributed by atoms with van der Waals surface area (Å²) in [7, 11) is 0. The zero-order chi connectivity index (χ0) is 16.5. The summed E-state index contributed by atoms with van der Waals surface area (Å²) in [6.45, 7) is 2.04. The molecule has 4 aromatic rings. The second kappa shape index (κ2) is 5.74. The van der Waals surface area contributed by atoms with Crippen LogP contribution in [0.15, 0.2) is 77.7 Å². The third-order valence-electron chi connectivity index (χ3n) is 3.98. The molecular weight excluding hydrogens is 298 g/mol. The first kappa shape index (κ1) is 14.3. The second-order valence-corrected chi connectivity index (χ2v) is 5.67. The van der Waals surface area contributed by atoms with E-state index >= 15 is 0 Å². The fraction of sp³-hybridized carbons (Fsp3) is 0.0500. The number of nitrogens with zero attached hydrogens (tertiary/aromatic N) is 3. The van der Waals surface area contributed by atoms with Gasteiger partial charge in [0.15, 0.2) is 0 Å². The molecule has 0 unspecified atom stereocenters. The third kappa shape index (κ3) is 2.38. The van der Waals surface area contributed by atoms with Crippen molar-refractivity contribution >= 4 is 10.9 Å². The van der Waals surface area contributed by atoms with E-state index in [1.54, 1.807) is 6.20 Å². The maximum atomic E-state index is 12.8. The minimum Gasteiger partial charge on any atom is -0.265 e. The number of para-hydroxylation sites is 1. The molecule has 0 saturated heterocycles. The van der Waals surface area contributed by atoms with Crippen molar-refractivity contribution in [2.24, 2.45) is 0 Å². The van der Waals surface area contributed by atoms with Crippen LogP contribution in [0.3, 0.4) is 0 Å². The topological polar surface area (TPSA) is 47.8 Å². The molecule has 0 saturated carbocycles. The van der Waals surface area contributed by atoms with Crippen LogP contribution >= 0.6 is 0 Å². The van der Waals surface area contributed by atoms with Gasteiger partial charge < -0.3 is 0 Å². The van der Waals surface area contributed by atoms with Crippen LogP contribution in [0.5, 0.6) is 0 Å². The van der Waals surface area contributed by atoms with Crippen LogP contribution in [-0.4, -0.2) is 14.8 Å². The van der Waals surface area contributed by atoms with Gasteiger partial charge in [0.05, 0.1) is 5.69 Å². The van der Waals surface area contributed by atoms with Crippen LogP contribution in [0.4, 0.5) is 0 Å². The van der Waals surface area contributed by atoms with Crippen LogP contribution in [-0.2, 0) is 0 Å². The summed E-state index contributed by atoms with van der Waals surface area (Å²) >= 11 is 0. The first-order chi connectivity index (χ1) is 11.7. The first-order valence-electron chi connectivity index (χ1n) is 7.74. The van der Waals surface area contributed by atoms with E-state index in [9.17, 15) is 4.79 Å². The van der Waals surface area contributed by atoms with Crippen LogP contribution in [0, 0.1) is 6.92 Å². The number of fused-ring (bicyclic) bond motifs is 1. The van der Waals surface area contributed by atoms with E-state index in [1.165, 1.54) is 10.2 Å². The van der Waals surface area contributed by atoms with Crippen LogP contribution in [0.25, 0.3) is 27.8 Å². The van der Waals surface area contributed by atoms with Crippen molar-refractivity contribution in [3.05, 3.63) is 88.8 Å². The smallest absolute Gasteiger partial charge is 0.265 e. The van der Waals surface area contributed by atoms with E-state index in [1.807, 2.05) is 73.7 Å². The Labute approximate surface area is 139 Å². The predicted octanol–water partition coefficient (Wildman–Crippen LogP) is 3.76. The number of hydrogen-bond donors (Lipinski definition) is 0. The quantitative estimate of drug-likeness (QED) is 0.566. The van der Waals surface area contributed by atoms with Gasteiger partial charge in [-0.25, -0.2) is 0 Å². The Hall–Kier alpha value is -3.27. The van der Waals surface area contributed by atoms with Gasteiger partial charge in [0.1, 0.15) is 11.2 Å². The summed E-state index contributed by atoms with van der Waals surface area (Å²) < 4.78 is 1.42. The molecule has 0 aliphatic heterocycles.